The molecule has 1 fully saturated rings. The molecule has 4 heteroatoms. The van der Waals surface area contributed by atoms with Gasteiger partial charge < -0.3 is 5.73 Å². The molecule has 1 heterocycles. The Hall–Kier alpha value is -0.870. The molecule has 1 aliphatic carbocycles. The minimum absolute atomic E-state index is 0.413. The van der Waals surface area contributed by atoms with E-state index in [4.69, 9.17) is 5.73 Å². The molecule has 102 valence electrons. The molecule has 18 heavy (non-hydrogen) atoms. The van der Waals surface area contributed by atoms with E-state index >= 15 is 0 Å². The molecule has 2 rings (SSSR count). The Labute approximate surface area is 110 Å². The third-order valence-corrected chi connectivity index (χ3v) is 4.56. The van der Waals surface area contributed by atoms with E-state index in [1.54, 1.807) is 0 Å². The second-order valence-corrected chi connectivity index (χ2v) is 5.68. The SMILES string of the molecule is Cc1nn(C)cc1C(C)N(C)C1CCCC1CN. The number of aromatic nitrogens is 2. The minimum Gasteiger partial charge on any atom is -0.330 e. The lowest BCUT2D eigenvalue weighted by atomic mass is 9.99. The first-order chi connectivity index (χ1) is 8.54. The molecule has 0 radical (unpaired) electrons. The summed E-state index contributed by atoms with van der Waals surface area (Å²) in [7, 11) is 4.22. The molecule has 1 aromatic heterocycles. The predicted octanol–water partition coefficient (Wildman–Crippen LogP) is 1.85. The highest BCUT2D eigenvalue weighted by Crippen LogP contribution is 2.33. The molecule has 0 aliphatic heterocycles. The van der Waals surface area contributed by atoms with Gasteiger partial charge in [-0.05, 0) is 46.2 Å². The van der Waals surface area contributed by atoms with E-state index in [0.29, 0.717) is 18.0 Å². The number of hydrogen-bond donors (Lipinski definition) is 1. The van der Waals surface area contributed by atoms with Crippen LogP contribution in [0.5, 0.6) is 0 Å². The molecule has 2 N–H and O–H groups in total. The zero-order valence-corrected chi connectivity index (χ0v) is 12.1. The molecule has 1 aliphatic rings. The van der Waals surface area contributed by atoms with Crippen molar-refractivity contribution in [1.82, 2.24) is 14.7 Å². The number of nitrogens with two attached hydrogens (primary N) is 1. The van der Waals surface area contributed by atoms with E-state index in [0.717, 1.165) is 12.2 Å². The van der Waals surface area contributed by atoms with Crippen LogP contribution in [-0.4, -0.2) is 34.3 Å². The van der Waals surface area contributed by atoms with Crippen LogP contribution >= 0.6 is 0 Å². The van der Waals surface area contributed by atoms with Crippen molar-refractivity contribution in [2.45, 2.75) is 45.2 Å². The van der Waals surface area contributed by atoms with Gasteiger partial charge in [-0.1, -0.05) is 6.42 Å². The molecule has 1 aromatic rings. The maximum atomic E-state index is 5.89. The normalized spacial score (nSPS) is 25.9. The van der Waals surface area contributed by atoms with Crippen LogP contribution in [0.15, 0.2) is 6.20 Å². The van der Waals surface area contributed by atoms with Gasteiger partial charge in [0, 0.05) is 30.9 Å². The van der Waals surface area contributed by atoms with Gasteiger partial charge in [0.05, 0.1) is 5.69 Å². The van der Waals surface area contributed by atoms with E-state index in [1.807, 2.05) is 11.7 Å². The first-order valence-electron chi connectivity index (χ1n) is 6.96. The molecule has 0 bridgehead atoms. The molecule has 1 saturated carbocycles. The predicted molar refractivity (Wildman–Crippen MR) is 74.3 cm³/mol. The van der Waals surface area contributed by atoms with Crippen LogP contribution in [0, 0.1) is 12.8 Å². The van der Waals surface area contributed by atoms with Crippen molar-refractivity contribution in [2.24, 2.45) is 18.7 Å². The van der Waals surface area contributed by atoms with Crippen molar-refractivity contribution in [3.63, 3.8) is 0 Å². The second-order valence-electron chi connectivity index (χ2n) is 5.68. The van der Waals surface area contributed by atoms with E-state index in [-0.39, 0.29) is 0 Å². The highest BCUT2D eigenvalue weighted by Gasteiger charge is 2.32. The summed E-state index contributed by atoms with van der Waals surface area (Å²) in [5.74, 6) is 0.662. The largest absolute Gasteiger partial charge is 0.330 e. The molecular weight excluding hydrogens is 224 g/mol. The maximum Gasteiger partial charge on any atom is 0.0641 e. The molecular formula is C14H26N4. The van der Waals surface area contributed by atoms with E-state index in [9.17, 15) is 0 Å². The number of hydrogen-bond acceptors (Lipinski definition) is 3. The summed E-state index contributed by atoms with van der Waals surface area (Å²) in [6.07, 6.45) is 6.02. The van der Waals surface area contributed by atoms with Gasteiger partial charge in [-0.3, -0.25) is 9.58 Å². The standard InChI is InChI=1S/C14H26N4/c1-10-13(9-17(3)16-10)11(2)18(4)14-7-5-6-12(14)8-15/h9,11-12,14H,5-8,15H2,1-4H3. The fraction of sp³-hybridized carbons (Fsp3) is 0.786. The van der Waals surface area contributed by atoms with Crippen molar-refractivity contribution >= 4 is 0 Å². The first kappa shape index (κ1) is 13.6. The average Bonchev–Trinajstić information content (AvgIpc) is 2.93. The fourth-order valence-corrected chi connectivity index (χ4v) is 3.36. The summed E-state index contributed by atoms with van der Waals surface area (Å²) in [4.78, 5) is 2.49. The van der Waals surface area contributed by atoms with Gasteiger partial charge in [0.15, 0.2) is 0 Å². The Morgan fingerprint density at radius 1 is 1.56 bits per heavy atom. The Morgan fingerprint density at radius 3 is 2.83 bits per heavy atom. The maximum absolute atomic E-state index is 5.89. The van der Waals surface area contributed by atoms with Crippen LogP contribution in [0.2, 0.25) is 0 Å². The van der Waals surface area contributed by atoms with Gasteiger partial charge in [-0.25, -0.2) is 0 Å². The molecule has 3 unspecified atom stereocenters. The fourth-order valence-electron chi connectivity index (χ4n) is 3.36. The molecule has 0 spiro atoms. The van der Waals surface area contributed by atoms with Gasteiger partial charge in [-0.2, -0.15) is 5.10 Å². The van der Waals surface area contributed by atoms with Gasteiger partial charge in [0.1, 0.15) is 0 Å². The van der Waals surface area contributed by atoms with Crippen LogP contribution < -0.4 is 5.73 Å². The number of rotatable bonds is 4. The quantitative estimate of drug-likeness (QED) is 0.887. The zero-order valence-electron chi connectivity index (χ0n) is 12.1. The number of nitrogens with zero attached hydrogens (tertiary/aromatic N) is 3. The lowest BCUT2D eigenvalue weighted by Gasteiger charge is -2.34. The van der Waals surface area contributed by atoms with Crippen molar-refractivity contribution in [2.75, 3.05) is 13.6 Å². The second kappa shape index (κ2) is 5.41. The third kappa shape index (κ3) is 2.45. The number of aryl methyl sites for hydroxylation is 2. The van der Waals surface area contributed by atoms with Crippen LogP contribution in [-0.2, 0) is 7.05 Å². The summed E-state index contributed by atoms with van der Waals surface area (Å²) in [5.41, 5.74) is 8.37. The monoisotopic (exact) mass is 250 g/mol. The molecule has 3 atom stereocenters. The van der Waals surface area contributed by atoms with E-state index < -0.39 is 0 Å². The average molecular weight is 250 g/mol. The van der Waals surface area contributed by atoms with Crippen molar-refractivity contribution < 1.29 is 0 Å². The van der Waals surface area contributed by atoms with Crippen molar-refractivity contribution in [1.29, 1.82) is 0 Å². The Balaban J connectivity index is 2.13. The highest BCUT2D eigenvalue weighted by atomic mass is 15.3. The highest BCUT2D eigenvalue weighted by molar-refractivity contribution is 5.19. The van der Waals surface area contributed by atoms with E-state index in [2.05, 4.69) is 37.1 Å². The summed E-state index contributed by atoms with van der Waals surface area (Å²) in [6, 6.07) is 1.04. The van der Waals surface area contributed by atoms with Crippen LogP contribution in [0.3, 0.4) is 0 Å². The lowest BCUT2D eigenvalue weighted by Crippen LogP contribution is -2.39. The topological polar surface area (TPSA) is 47.1 Å². The van der Waals surface area contributed by atoms with Crippen molar-refractivity contribution in [3.8, 4) is 0 Å². The van der Waals surface area contributed by atoms with Gasteiger partial charge in [0.2, 0.25) is 0 Å². The molecule has 4 nitrogen and oxygen atoms in total. The van der Waals surface area contributed by atoms with Crippen LogP contribution in [0.25, 0.3) is 0 Å². The van der Waals surface area contributed by atoms with Gasteiger partial charge >= 0.3 is 0 Å². The molecule has 0 amide bonds. The van der Waals surface area contributed by atoms with Crippen LogP contribution in [0.4, 0.5) is 0 Å². The summed E-state index contributed by atoms with van der Waals surface area (Å²) < 4.78 is 1.91. The summed E-state index contributed by atoms with van der Waals surface area (Å²) >= 11 is 0. The Morgan fingerprint density at radius 2 is 2.28 bits per heavy atom. The van der Waals surface area contributed by atoms with Gasteiger partial charge in [-0.15, -0.1) is 0 Å². The molecule has 0 aromatic carbocycles. The Bertz CT molecular complexity index is 398. The third-order valence-electron chi connectivity index (χ3n) is 4.56. The zero-order chi connectivity index (χ0) is 13.3. The smallest absolute Gasteiger partial charge is 0.0641 e. The first-order valence-corrected chi connectivity index (χ1v) is 6.96. The van der Waals surface area contributed by atoms with E-state index in [1.165, 1.54) is 24.8 Å². The minimum atomic E-state index is 0.413. The molecule has 0 saturated heterocycles. The summed E-state index contributed by atoms with van der Waals surface area (Å²) in [6.45, 7) is 5.18. The Kier molecular flexibility index (Phi) is 4.07. The van der Waals surface area contributed by atoms with Gasteiger partial charge in [0.25, 0.3) is 0 Å². The lowest BCUT2D eigenvalue weighted by molar-refractivity contribution is 0.152. The van der Waals surface area contributed by atoms with Crippen LogP contribution in [0.1, 0.15) is 43.5 Å². The summed E-state index contributed by atoms with van der Waals surface area (Å²) in [5, 5.41) is 4.45. The van der Waals surface area contributed by atoms with Crippen molar-refractivity contribution in [3.05, 3.63) is 17.5 Å².